The van der Waals surface area contributed by atoms with Crippen molar-refractivity contribution < 1.29 is 17.6 Å². The molecule has 0 amide bonds. The zero-order chi connectivity index (χ0) is 17.5. The van der Waals surface area contributed by atoms with Crippen LogP contribution in [0.1, 0.15) is 12.5 Å². The van der Waals surface area contributed by atoms with Gasteiger partial charge in [-0.25, -0.2) is 8.96 Å². The summed E-state index contributed by atoms with van der Waals surface area (Å²) in [7, 11) is 0. The van der Waals surface area contributed by atoms with Crippen molar-refractivity contribution >= 4 is 23.1 Å². The minimum absolute atomic E-state index is 0.0552. The smallest absolute Gasteiger partial charge is 0.298 e. The van der Waals surface area contributed by atoms with Gasteiger partial charge in [0, 0.05) is 11.3 Å². The van der Waals surface area contributed by atoms with E-state index < -0.39 is 23.4 Å². The zero-order valence-corrected chi connectivity index (χ0v) is 13.0. The molecule has 0 spiro atoms. The maximum absolute atomic E-state index is 13.3. The molecule has 10 heteroatoms. The van der Waals surface area contributed by atoms with Gasteiger partial charge in [0.15, 0.2) is 17.0 Å². The molecule has 3 rings (SSSR count). The van der Waals surface area contributed by atoms with Gasteiger partial charge in [-0.2, -0.15) is 22.5 Å². The molecule has 24 heavy (non-hydrogen) atoms. The number of fused-ring (bicyclic) bond motifs is 1. The van der Waals surface area contributed by atoms with Crippen LogP contribution in [-0.4, -0.2) is 24.7 Å². The maximum atomic E-state index is 13.3. The minimum Gasteiger partial charge on any atom is -0.298 e. The molecule has 0 bridgehead atoms. The summed E-state index contributed by atoms with van der Waals surface area (Å²) in [4.78, 5) is 22.2. The first-order chi connectivity index (χ1) is 11.3. The van der Waals surface area contributed by atoms with Crippen LogP contribution in [-0.2, 0) is 6.18 Å². The van der Waals surface area contributed by atoms with Gasteiger partial charge in [0.25, 0.3) is 11.6 Å². The highest BCUT2D eigenvalue weighted by atomic mass is 32.2. The SMILES string of the molecule is CCSn1c(-c2ccc(C(F)(F)F)cc2)nc2[nH]c(F)nc2c1=O. The van der Waals surface area contributed by atoms with Crippen molar-refractivity contribution in [2.24, 2.45) is 0 Å². The standard InChI is InChI=1S/C14H10F4N4OS/c1-2-24-22-11(7-3-5-8(6-4-7)14(16,17)18)20-10-9(12(22)23)19-13(15)21-10/h3-6H,2H2,1H3,(H,19,21). The lowest BCUT2D eigenvalue weighted by Gasteiger charge is -2.11. The Balaban J connectivity index is 2.20. The summed E-state index contributed by atoms with van der Waals surface area (Å²) in [6.45, 7) is 1.79. The summed E-state index contributed by atoms with van der Waals surface area (Å²) >= 11 is 1.10. The molecule has 0 saturated heterocycles. The van der Waals surface area contributed by atoms with Crippen molar-refractivity contribution in [3.63, 3.8) is 0 Å². The Kier molecular flexibility index (Phi) is 4.08. The highest BCUT2D eigenvalue weighted by molar-refractivity contribution is 7.97. The Hall–Kier alpha value is -2.36. The van der Waals surface area contributed by atoms with E-state index in [9.17, 15) is 22.4 Å². The molecule has 2 heterocycles. The van der Waals surface area contributed by atoms with Gasteiger partial charge in [0.05, 0.1) is 5.56 Å². The van der Waals surface area contributed by atoms with Crippen LogP contribution in [0.25, 0.3) is 22.6 Å². The first-order valence-electron chi connectivity index (χ1n) is 6.80. The van der Waals surface area contributed by atoms with E-state index in [1.54, 1.807) is 6.92 Å². The number of aromatic amines is 1. The predicted octanol–water partition coefficient (Wildman–Crippen LogP) is 3.46. The molecular weight excluding hydrogens is 348 g/mol. The van der Waals surface area contributed by atoms with Gasteiger partial charge in [-0.05, 0) is 24.1 Å². The maximum Gasteiger partial charge on any atom is 0.416 e. The summed E-state index contributed by atoms with van der Waals surface area (Å²) in [5.74, 6) is 0.630. The van der Waals surface area contributed by atoms with Crippen LogP contribution in [0.5, 0.6) is 0 Å². The van der Waals surface area contributed by atoms with E-state index in [0.29, 0.717) is 11.3 Å². The number of hydrogen-bond acceptors (Lipinski definition) is 4. The second-order valence-electron chi connectivity index (χ2n) is 4.75. The number of H-pyrrole nitrogens is 1. The number of nitrogens with zero attached hydrogens (tertiary/aromatic N) is 3. The van der Waals surface area contributed by atoms with E-state index in [0.717, 1.165) is 24.1 Å². The van der Waals surface area contributed by atoms with Crippen molar-refractivity contribution in [2.45, 2.75) is 13.1 Å². The molecule has 0 aliphatic heterocycles. The van der Waals surface area contributed by atoms with E-state index in [1.165, 1.54) is 16.1 Å². The lowest BCUT2D eigenvalue weighted by atomic mass is 10.1. The Morgan fingerprint density at radius 3 is 2.46 bits per heavy atom. The number of benzene rings is 1. The van der Waals surface area contributed by atoms with E-state index >= 15 is 0 Å². The van der Waals surface area contributed by atoms with Crippen molar-refractivity contribution in [3.8, 4) is 11.4 Å². The largest absolute Gasteiger partial charge is 0.416 e. The lowest BCUT2D eigenvalue weighted by Crippen LogP contribution is -2.19. The van der Waals surface area contributed by atoms with Gasteiger partial charge < -0.3 is 0 Å². The molecule has 5 nitrogen and oxygen atoms in total. The number of nitrogens with one attached hydrogen (secondary N) is 1. The van der Waals surface area contributed by atoms with Gasteiger partial charge in [0.2, 0.25) is 0 Å². The molecule has 1 N–H and O–H groups in total. The second-order valence-corrected chi connectivity index (χ2v) is 5.95. The van der Waals surface area contributed by atoms with E-state index in [2.05, 4.69) is 15.0 Å². The van der Waals surface area contributed by atoms with Crippen molar-refractivity contribution in [1.82, 2.24) is 18.9 Å². The van der Waals surface area contributed by atoms with Crippen LogP contribution in [0, 0.1) is 6.08 Å². The van der Waals surface area contributed by atoms with Crippen LogP contribution < -0.4 is 5.56 Å². The quantitative estimate of drug-likeness (QED) is 0.575. The zero-order valence-electron chi connectivity index (χ0n) is 12.2. The molecule has 0 aliphatic carbocycles. The third kappa shape index (κ3) is 2.88. The average Bonchev–Trinajstić information content (AvgIpc) is 2.90. The number of rotatable bonds is 3. The van der Waals surface area contributed by atoms with Crippen molar-refractivity contribution in [2.75, 3.05) is 5.75 Å². The number of aromatic nitrogens is 4. The molecule has 0 radical (unpaired) electrons. The van der Waals surface area contributed by atoms with Crippen LogP contribution in [0.2, 0.25) is 0 Å². The predicted molar refractivity (Wildman–Crippen MR) is 82.1 cm³/mol. The molecule has 1 aromatic carbocycles. The molecule has 126 valence electrons. The van der Waals surface area contributed by atoms with Crippen molar-refractivity contribution in [3.05, 3.63) is 46.3 Å². The lowest BCUT2D eigenvalue weighted by molar-refractivity contribution is -0.137. The third-order valence-electron chi connectivity index (χ3n) is 3.18. The van der Waals surface area contributed by atoms with Crippen LogP contribution in [0.3, 0.4) is 0 Å². The van der Waals surface area contributed by atoms with Crippen LogP contribution in [0.4, 0.5) is 17.6 Å². The summed E-state index contributed by atoms with van der Waals surface area (Å²) in [6, 6.07) is 4.24. The fourth-order valence-electron chi connectivity index (χ4n) is 2.15. The topological polar surface area (TPSA) is 63.6 Å². The van der Waals surface area contributed by atoms with Gasteiger partial charge in [-0.3, -0.25) is 9.78 Å². The molecule has 0 atom stereocenters. The highest BCUT2D eigenvalue weighted by Gasteiger charge is 2.30. The fraction of sp³-hybridized carbons (Fsp3) is 0.214. The Bertz CT molecular complexity index is 946. The number of alkyl halides is 3. The normalized spacial score (nSPS) is 12.0. The second kappa shape index (κ2) is 5.93. The van der Waals surface area contributed by atoms with Gasteiger partial charge in [-0.1, -0.05) is 19.1 Å². The molecule has 2 aromatic heterocycles. The number of halogens is 4. The van der Waals surface area contributed by atoms with Gasteiger partial charge in [-0.15, -0.1) is 0 Å². The molecule has 0 saturated carbocycles. The highest BCUT2D eigenvalue weighted by Crippen LogP contribution is 2.31. The first kappa shape index (κ1) is 16.5. The Morgan fingerprint density at radius 2 is 1.88 bits per heavy atom. The average molecular weight is 358 g/mol. The van der Waals surface area contributed by atoms with Crippen molar-refractivity contribution in [1.29, 1.82) is 0 Å². The third-order valence-corrected chi connectivity index (χ3v) is 4.04. The Morgan fingerprint density at radius 1 is 1.21 bits per heavy atom. The molecule has 0 fully saturated rings. The van der Waals surface area contributed by atoms with Gasteiger partial charge in [0.1, 0.15) is 0 Å². The fourth-order valence-corrected chi connectivity index (χ4v) is 2.88. The minimum atomic E-state index is -4.46. The molecule has 0 aliphatic rings. The number of hydrogen-bond donors (Lipinski definition) is 1. The van der Waals surface area contributed by atoms with E-state index in [1.807, 2.05) is 0 Å². The van der Waals surface area contributed by atoms with Crippen LogP contribution >= 0.6 is 11.9 Å². The molecule has 3 aromatic rings. The number of imidazole rings is 1. The van der Waals surface area contributed by atoms with E-state index in [-0.39, 0.29) is 17.0 Å². The van der Waals surface area contributed by atoms with Crippen LogP contribution in [0.15, 0.2) is 29.1 Å². The van der Waals surface area contributed by atoms with Gasteiger partial charge >= 0.3 is 6.18 Å². The summed E-state index contributed by atoms with van der Waals surface area (Å²) < 4.78 is 52.5. The molecular formula is C14H10F4N4OS. The monoisotopic (exact) mass is 358 g/mol. The van der Waals surface area contributed by atoms with E-state index in [4.69, 9.17) is 0 Å². The summed E-state index contributed by atoms with van der Waals surface area (Å²) in [5.41, 5.74) is -1.30. The Labute approximate surface area is 136 Å². The first-order valence-corrected chi connectivity index (χ1v) is 7.74. The summed E-state index contributed by atoms with van der Waals surface area (Å²) in [6.07, 6.45) is -5.41. The summed E-state index contributed by atoms with van der Waals surface area (Å²) in [5, 5.41) is 0. The molecule has 0 unspecified atom stereocenters.